The third-order valence-electron chi connectivity index (χ3n) is 2.42. The second kappa shape index (κ2) is 4.75. The van der Waals surface area contributed by atoms with Crippen LogP contribution in [0.15, 0.2) is 54.3 Å². The minimum atomic E-state index is 0.333. The average molecular weight is 311 g/mol. The SMILES string of the molecule is COC1=C[C@@H](c2ccccc2)C=C[C-]1I. The van der Waals surface area contributed by atoms with Crippen molar-refractivity contribution in [3.05, 3.63) is 63.8 Å². The fourth-order valence-corrected chi connectivity index (χ4v) is 2.22. The molecule has 15 heavy (non-hydrogen) atoms. The van der Waals surface area contributed by atoms with E-state index in [0.717, 1.165) is 9.68 Å². The van der Waals surface area contributed by atoms with E-state index in [0.29, 0.717) is 5.92 Å². The van der Waals surface area contributed by atoms with Gasteiger partial charge in [-0.25, -0.2) is 0 Å². The average Bonchev–Trinajstić information content (AvgIpc) is 2.31. The van der Waals surface area contributed by atoms with E-state index in [2.05, 4.69) is 65.1 Å². The predicted octanol–water partition coefficient (Wildman–Crippen LogP) is 3.84. The Morgan fingerprint density at radius 1 is 1.27 bits per heavy atom. The molecule has 0 aliphatic heterocycles. The molecular formula is C13H12IO-. The zero-order valence-electron chi connectivity index (χ0n) is 8.48. The van der Waals surface area contributed by atoms with Crippen LogP contribution in [0.25, 0.3) is 0 Å². The maximum Gasteiger partial charge on any atom is 0.0744 e. The highest BCUT2D eigenvalue weighted by Crippen LogP contribution is 2.33. The van der Waals surface area contributed by atoms with Gasteiger partial charge in [-0.15, -0.1) is 28.7 Å². The molecule has 2 rings (SSSR count). The Morgan fingerprint density at radius 3 is 2.67 bits per heavy atom. The van der Waals surface area contributed by atoms with Gasteiger partial charge in [0.2, 0.25) is 0 Å². The van der Waals surface area contributed by atoms with Crippen LogP contribution < -0.4 is 0 Å². The van der Waals surface area contributed by atoms with Crippen LogP contribution in [-0.2, 0) is 4.74 Å². The molecule has 1 aromatic carbocycles. The molecule has 1 atom stereocenters. The number of hydrogen-bond donors (Lipinski definition) is 0. The van der Waals surface area contributed by atoms with Crippen LogP contribution in [0.5, 0.6) is 0 Å². The number of allylic oxidation sites excluding steroid dienone is 3. The van der Waals surface area contributed by atoms with Crippen molar-refractivity contribution in [3.8, 4) is 0 Å². The van der Waals surface area contributed by atoms with E-state index in [4.69, 9.17) is 4.74 Å². The van der Waals surface area contributed by atoms with Gasteiger partial charge in [-0.05, 0) is 0 Å². The first-order chi connectivity index (χ1) is 7.31. The second-order valence-electron chi connectivity index (χ2n) is 3.38. The van der Waals surface area contributed by atoms with Crippen LogP contribution in [0.1, 0.15) is 11.5 Å². The first-order valence-corrected chi connectivity index (χ1v) is 5.91. The van der Waals surface area contributed by atoms with Crippen molar-refractivity contribution in [1.82, 2.24) is 0 Å². The summed E-state index contributed by atoms with van der Waals surface area (Å²) in [5, 5.41) is 0. The van der Waals surface area contributed by atoms with E-state index in [-0.39, 0.29) is 0 Å². The first-order valence-electron chi connectivity index (χ1n) is 4.83. The highest BCUT2D eigenvalue weighted by molar-refractivity contribution is 14.1. The van der Waals surface area contributed by atoms with Crippen LogP contribution in [0.3, 0.4) is 0 Å². The molecule has 0 saturated heterocycles. The van der Waals surface area contributed by atoms with Crippen molar-refractivity contribution >= 4 is 22.6 Å². The maximum atomic E-state index is 5.32. The molecular weight excluding hydrogens is 299 g/mol. The first kappa shape index (κ1) is 10.6. The quantitative estimate of drug-likeness (QED) is 0.596. The topological polar surface area (TPSA) is 9.23 Å². The summed E-state index contributed by atoms with van der Waals surface area (Å²) < 4.78 is 6.48. The number of hydrogen-bond acceptors (Lipinski definition) is 1. The van der Waals surface area contributed by atoms with Gasteiger partial charge in [0, 0.05) is 5.76 Å². The van der Waals surface area contributed by atoms with Crippen LogP contribution in [-0.4, -0.2) is 7.11 Å². The van der Waals surface area contributed by atoms with E-state index in [1.54, 1.807) is 7.11 Å². The molecule has 0 bridgehead atoms. The van der Waals surface area contributed by atoms with E-state index in [9.17, 15) is 0 Å². The van der Waals surface area contributed by atoms with E-state index in [1.807, 2.05) is 6.07 Å². The number of rotatable bonds is 2. The summed E-state index contributed by atoms with van der Waals surface area (Å²) in [5.74, 6) is 1.30. The summed E-state index contributed by atoms with van der Waals surface area (Å²) in [4.78, 5) is 0. The summed E-state index contributed by atoms with van der Waals surface area (Å²) in [7, 11) is 1.71. The van der Waals surface area contributed by atoms with Gasteiger partial charge < -0.3 is 4.74 Å². The molecule has 1 aliphatic rings. The van der Waals surface area contributed by atoms with Gasteiger partial charge in [0.05, 0.1) is 7.11 Å². The van der Waals surface area contributed by atoms with E-state index >= 15 is 0 Å². The normalized spacial score (nSPS) is 20.0. The van der Waals surface area contributed by atoms with Gasteiger partial charge in [-0.3, -0.25) is 0 Å². The van der Waals surface area contributed by atoms with Crippen LogP contribution in [0.4, 0.5) is 0 Å². The largest absolute Gasteiger partial charge is 0.521 e. The highest BCUT2D eigenvalue weighted by Gasteiger charge is 2.08. The summed E-state index contributed by atoms with van der Waals surface area (Å²) in [6.45, 7) is 0. The Hall–Kier alpha value is -0.900. The molecule has 2 heteroatoms. The van der Waals surface area contributed by atoms with Crippen molar-refractivity contribution < 1.29 is 4.74 Å². The maximum absolute atomic E-state index is 5.32. The predicted molar refractivity (Wildman–Crippen MR) is 70.7 cm³/mol. The zero-order valence-corrected chi connectivity index (χ0v) is 10.6. The second-order valence-corrected chi connectivity index (χ2v) is 4.54. The van der Waals surface area contributed by atoms with Gasteiger partial charge >= 0.3 is 0 Å². The smallest absolute Gasteiger partial charge is 0.0744 e. The Balaban J connectivity index is 2.26. The van der Waals surface area contributed by atoms with Crippen molar-refractivity contribution in [2.75, 3.05) is 7.11 Å². The highest BCUT2D eigenvalue weighted by atomic mass is 127. The molecule has 1 aromatic rings. The lowest BCUT2D eigenvalue weighted by Gasteiger charge is -2.27. The van der Waals surface area contributed by atoms with Gasteiger partial charge in [-0.2, -0.15) is 12.2 Å². The number of benzene rings is 1. The van der Waals surface area contributed by atoms with Gasteiger partial charge in [0.15, 0.2) is 0 Å². The van der Waals surface area contributed by atoms with Crippen LogP contribution in [0, 0.1) is 3.92 Å². The van der Waals surface area contributed by atoms with Crippen LogP contribution >= 0.6 is 22.6 Å². The molecule has 0 heterocycles. The van der Waals surface area contributed by atoms with Crippen molar-refractivity contribution in [1.29, 1.82) is 0 Å². The number of ether oxygens (including phenoxy) is 1. The molecule has 0 aromatic heterocycles. The lowest BCUT2D eigenvalue weighted by atomic mass is 9.94. The van der Waals surface area contributed by atoms with Crippen LogP contribution in [0.2, 0.25) is 0 Å². The molecule has 0 fully saturated rings. The summed E-state index contributed by atoms with van der Waals surface area (Å²) in [6, 6.07) is 10.4. The third kappa shape index (κ3) is 2.37. The molecule has 0 N–H and O–H groups in total. The lowest BCUT2D eigenvalue weighted by Crippen LogP contribution is -2.03. The van der Waals surface area contributed by atoms with Gasteiger partial charge in [0.25, 0.3) is 0 Å². The monoisotopic (exact) mass is 311 g/mol. The Labute approximate surface area is 104 Å². The van der Waals surface area contributed by atoms with Crippen molar-refractivity contribution in [2.45, 2.75) is 5.92 Å². The molecule has 0 spiro atoms. The fraction of sp³-hybridized carbons (Fsp3) is 0.154. The molecule has 0 amide bonds. The molecule has 78 valence electrons. The molecule has 1 nitrogen and oxygen atoms in total. The van der Waals surface area contributed by atoms with E-state index in [1.165, 1.54) is 5.56 Å². The van der Waals surface area contributed by atoms with Crippen molar-refractivity contribution in [3.63, 3.8) is 0 Å². The summed E-state index contributed by atoms with van der Waals surface area (Å²) >= 11 is 2.28. The molecule has 0 unspecified atom stereocenters. The van der Waals surface area contributed by atoms with Gasteiger partial charge in [-0.1, -0.05) is 45.7 Å². The minimum Gasteiger partial charge on any atom is -0.521 e. The zero-order chi connectivity index (χ0) is 10.7. The third-order valence-corrected chi connectivity index (χ3v) is 3.31. The molecule has 0 saturated carbocycles. The number of halogens is 1. The minimum absolute atomic E-state index is 0.333. The lowest BCUT2D eigenvalue weighted by molar-refractivity contribution is 0.297. The summed E-state index contributed by atoms with van der Waals surface area (Å²) in [5.41, 5.74) is 1.30. The summed E-state index contributed by atoms with van der Waals surface area (Å²) in [6.07, 6.45) is 6.45. The molecule has 1 aliphatic carbocycles. The Kier molecular flexibility index (Phi) is 3.36. The fourth-order valence-electron chi connectivity index (χ4n) is 1.62. The standard InChI is InChI=1S/C13H12IO/c1-15-13-9-11(7-8-12(13)14)10-5-3-2-4-6-10/h2-9,11H,1H3/q-1/t11-/m0/s1. The molecule has 0 radical (unpaired) electrons. The van der Waals surface area contributed by atoms with Gasteiger partial charge in [0.1, 0.15) is 0 Å². The van der Waals surface area contributed by atoms with Crippen molar-refractivity contribution in [2.24, 2.45) is 0 Å². The van der Waals surface area contributed by atoms with E-state index < -0.39 is 0 Å². The Morgan fingerprint density at radius 2 is 2.00 bits per heavy atom. The Bertz CT molecular complexity index is 381. The number of methoxy groups -OCH3 is 1.